The predicted molar refractivity (Wildman–Crippen MR) is 106 cm³/mol. The highest BCUT2D eigenvalue weighted by atomic mass is 16.5. The third-order valence-electron chi connectivity index (χ3n) is 4.61. The first-order chi connectivity index (χ1) is 13.9. The molecule has 0 aliphatic carbocycles. The van der Waals surface area contributed by atoms with Crippen LogP contribution >= 0.6 is 0 Å². The second-order valence-corrected chi connectivity index (χ2v) is 6.61. The minimum atomic E-state index is -0.622. The van der Waals surface area contributed by atoms with Crippen molar-refractivity contribution in [1.29, 1.82) is 0 Å². The van der Waals surface area contributed by atoms with Crippen molar-refractivity contribution in [3.8, 4) is 0 Å². The fourth-order valence-corrected chi connectivity index (χ4v) is 3.15. The summed E-state index contributed by atoms with van der Waals surface area (Å²) < 4.78 is 16.9. The van der Waals surface area contributed by atoms with Crippen LogP contribution in [0, 0.1) is 0 Å². The maximum atomic E-state index is 12.4. The zero-order valence-electron chi connectivity index (χ0n) is 16.9. The molecule has 2 aromatic rings. The third kappa shape index (κ3) is 4.40. The van der Waals surface area contributed by atoms with E-state index in [2.05, 4.69) is 10.00 Å². The van der Waals surface area contributed by atoms with Crippen LogP contribution in [0.3, 0.4) is 0 Å². The molecule has 2 heterocycles. The SMILES string of the molecule is COC(=O)C1=C(C(=O)OC)N(c2ccc(N(C)Cc3cnn(C)c3)cc2)COC1. The largest absolute Gasteiger partial charge is 0.466 e. The van der Waals surface area contributed by atoms with Crippen molar-refractivity contribution >= 4 is 23.3 Å². The zero-order chi connectivity index (χ0) is 21.0. The maximum absolute atomic E-state index is 12.4. The van der Waals surface area contributed by atoms with E-state index >= 15 is 0 Å². The van der Waals surface area contributed by atoms with Crippen LogP contribution in [0.25, 0.3) is 0 Å². The number of carbonyl (C=O) groups excluding carboxylic acids is 2. The number of esters is 2. The molecule has 0 atom stereocenters. The molecule has 29 heavy (non-hydrogen) atoms. The smallest absolute Gasteiger partial charge is 0.355 e. The number of benzene rings is 1. The standard InChI is InChI=1S/C20H24N4O5/c1-22(10-14-9-21-23(2)11-14)15-5-7-16(8-6-15)24-13-29-12-17(19(25)27-3)18(24)20(26)28-4/h5-9,11H,10,12-13H2,1-4H3. The lowest BCUT2D eigenvalue weighted by molar-refractivity contribution is -0.140. The van der Waals surface area contributed by atoms with Gasteiger partial charge in [-0.25, -0.2) is 9.59 Å². The minimum Gasteiger partial charge on any atom is -0.466 e. The number of anilines is 2. The van der Waals surface area contributed by atoms with Crippen molar-refractivity contribution in [2.75, 3.05) is 44.4 Å². The Balaban J connectivity index is 1.85. The Morgan fingerprint density at radius 1 is 1.17 bits per heavy atom. The molecule has 0 saturated carbocycles. The Hall–Kier alpha value is -3.33. The summed E-state index contributed by atoms with van der Waals surface area (Å²) in [7, 11) is 6.40. The second-order valence-electron chi connectivity index (χ2n) is 6.61. The fraction of sp³-hybridized carbons (Fsp3) is 0.350. The second kappa shape index (κ2) is 8.78. The van der Waals surface area contributed by atoms with Gasteiger partial charge >= 0.3 is 11.9 Å². The summed E-state index contributed by atoms with van der Waals surface area (Å²) in [6, 6.07) is 7.60. The summed E-state index contributed by atoms with van der Waals surface area (Å²) in [4.78, 5) is 28.1. The first-order valence-corrected chi connectivity index (χ1v) is 8.98. The van der Waals surface area contributed by atoms with Gasteiger partial charge in [0.25, 0.3) is 0 Å². The van der Waals surface area contributed by atoms with E-state index in [0.29, 0.717) is 12.2 Å². The van der Waals surface area contributed by atoms with Gasteiger partial charge in [-0.05, 0) is 24.3 Å². The van der Waals surface area contributed by atoms with E-state index in [0.717, 1.165) is 11.3 Å². The van der Waals surface area contributed by atoms with Crippen LogP contribution in [0.1, 0.15) is 5.56 Å². The summed E-state index contributed by atoms with van der Waals surface area (Å²) in [6.07, 6.45) is 3.80. The van der Waals surface area contributed by atoms with Crippen LogP contribution < -0.4 is 9.80 Å². The molecule has 0 amide bonds. The number of hydrogen-bond acceptors (Lipinski definition) is 8. The molecule has 1 aliphatic heterocycles. The molecule has 154 valence electrons. The van der Waals surface area contributed by atoms with E-state index in [9.17, 15) is 9.59 Å². The van der Waals surface area contributed by atoms with E-state index < -0.39 is 11.9 Å². The van der Waals surface area contributed by atoms with Crippen LogP contribution in [0.15, 0.2) is 47.9 Å². The topological polar surface area (TPSA) is 86.1 Å². The number of aryl methyl sites for hydroxylation is 1. The quantitative estimate of drug-likeness (QED) is 0.674. The maximum Gasteiger partial charge on any atom is 0.355 e. The highest BCUT2D eigenvalue weighted by molar-refractivity contribution is 6.03. The molecule has 0 N–H and O–H groups in total. The summed E-state index contributed by atoms with van der Waals surface area (Å²) >= 11 is 0. The molecular weight excluding hydrogens is 376 g/mol. The van der Waals surface area contributed by atoms with Gasteiger partial charge < -0.3 is 24.0 Å². The van der Waals surface area contributed by atoms with Gasteiger partial charge in [0.2, 0.25) is 0 Å². The van der Waals surface area contributed by atoms with Crippen molar-refractivity contribution < 1.29 is 23.8 Å². The van der Waals surface area contributed by atoms with Gasteiger partial charge in [0, 0.05) is 43.8 Å². The van der Waals surface area contributed by atoms with Crippen LogP contribution in [-0.4, -0.2) is 56.3 Å². The molecule has 0 fully saturated rings. The number of aromatic nitrogens is 2. The minimum absolute atomic E-state index is 0.0143. The Bertz CT molecular complexity index is 919. The van der Waals surface area contributed by atoms with Gasteiger partial charge in [-0.2, -0.15) is 5.10 Å². The fourth-order valence-electron chi connectivity index (χ4n) is 3.15. The summed E-state index contributed by atoms with van der Waals surface area (Å²) in [6.45, 7) is 0.815. The summed E-state index contributed by atoms with van der Waals surface area (Å²) in [5.74, 6) is -1.24. The number of ether oxygens (including phenoxy) is 3. The summed E-state index contributed by atoms with van der Waals surface area (Å²) in [5, 5.41) is 4.18. The van der Waals surface area contributed by atoms with Crippen molar-refractivity contribution in [3.63, 3.8) is 0 Å². The molecule has 1 aromatic heterocycles. The molecule has 0 bridgehead atoms. The predicted octanol–water partition coefficient (Wildman–Crippen LogP) is 1.45. The van der Waals surface area contributed by atoms with Crippen LogP contribution in [-0.2, 0) is 37.4 Å². The monoisotopic (exact) mass is 400 g/mol. The molecule has 0 unspecified atom stereocenters. The highest BCUT2D eigenvalue weighted by Crippen LogP contribution is 2.28. The van der Waals surface area contributed by atoms with Crippen molar-refractivity contribution in [2.24, 2.45) is 7.05 Å². The lowest BCUT2D eigenvalue weighted by Gasteiger charge is -2.31. The molecule has 1 aromatic carbocycles. The molecule has 0 saturated heterocycles. The van der Waals surface area contributed by atoms with Crippen molar-refractivity contribution in [1.82, 2.24) is 9.78 Å². The van der Waals surface area contributed by atoms with Gasteiger partial charge in [-0.3, -0.25) is 4.68 Å². The lowest BCUT2D eigenvalue weighted by atomic mass is 10.1. The highest BCUT2D eigenvalue weighted by Gasteiger charge is 2.32. The van der Waals surface area contributed by atoms with Crippen molar-refractivity contribution in [2.45, 2.75) is 6.54 Å². The Morgan fingerprint density at radius 3 is 2.45 bits per heavy atom. The van der Waals surface area contributed by atoms with Gasteiger partial charge in [0.1, 0.15) is 12.4 Å². The molecule has 0 radical (unpaired) electrons. The molecule has 1 aliphatic rings. The molecule has 3 rings (SSSR count). The van der Waals surface area contributed by atoms with Gasteiger partial charge in [-0.1, -0.05) is 0 Å². The molecule has 0 spiro atoms. The molecular formula is C20H24N4O5. The average molecular weight is 400 g/mol. The molecule has 9 nitrogen and oxygen atoms in total. The van der Waals surface area contributed by atoms with E-state index in [1.807, 2.05) is 50.8 Å². The first-order valence-electron chi connectivity index (χ1n) is 8.98. The number of methoxy groups -OCH3 is 2. The third-order valence-corrected chi connectivity index (χ3v) is 4.61. The first kappa shape index (κ1) is 20.4. The Morgan fingerprint density at radius 2 is 1.86 bits per heavy atom. The van der Waals surface area contributed by atoms with Crippen LogP contribution in [0.5, 0.6) is 0 Å². The lowest BCUT2D eigenvalue weighted by Crippen LogP contribution is -2.38. The number of hydrogen-bond donors (Lipinski definition) is 0. The van der Waals surface area contributed by atoms with Gasteiger partial charge in [0.15, 0.2) is 0 Å². The van der Waals surface area contributed by atoms with E-state index in [1.165, 1.54) is 14.2 Å². The molecule has 9 heteroatoms. The zero-order valence-corrected chi connectivity index (χ0v) is 16.9. The van der Waals surface area contributed by atoms with Crippen LogP contribution in [0.2, 0.25) is 0 Å². The number of carbonyl (C=O) groups is 2. The van der Waals surface area contributed by atoms with Gasteiger partial charge in [0.05, 0.1) is 32.6 Å². The average Bonchev–Trinajstić information content (AvgIpc) is 3.16. The summed E-state index contributed by atoms with van der Waals surface area (Å²) in [5.41, 5.74) is 3.05. The van der Waals surface area contributed by atoms with Crippen LogP contribution in [0.4, 0.5) is 11.4 Å². The number of rotatable bonds is 6. The normalized spacial score (nSPS) is 14.0. The number of nitrogens with zero attached hydrogens (tertiary/aromatic N) is 4. The Labute approximate surface area is 169 Å². The van der Waals surface area contributed by atoms with E-state index in [-0.39, 0.29) is 24.6 Å². The van der Waals surface area contributed by atoms with E-state index in [1.54, 1.807) is 9.58 Å². The van der Waals surface area contributed by atoms with E-state index in [4.69, 9.17) is 14.2 Å². The Kier molecular flexibility index (Phi) is 6.18. The van der Waals surface area contributed by atoms with Gasteiger partial charge in [-0.15, -0.1) is 0 Å². The van der Waals surface area contributed by atoms with Crippen molar-refractivity contribution in [3.05, 3.63) is 53.5 Å².